The molecule has 2 aliphatic rings. The minimum atomic E-state index is -0.453. The first-order valence-electron chi connectivity index (χ1n) is 7.16. The molecule has 104 valence electrons. The van der Waals surface area contributed by atoms with Gasteiger partial charge in [-0.05, 0) is 37.9 Å². The molecule has 0 saturated carbocycles. The van der Waals surface area contributed by atoms with E-state index in [1.165, 1.54) is 44.0 Å². The van der Waals surface area contributed by atoms with E-state index in [-0.39, 0.29) is 12.1 Å². The van der Waals surface area contributed by atoms with Gasteiger partial charge in [-0.1, -0.05) is 12.5 Å². The Morgan fingerprint density at radius 3 is 2.68 bits per heavy atom. The zero-order chi connectivity index (χ0) is 13.2. The number of benzene rings is 1. The minimum absolute atomic E-state index is 0.164. The average molecular weight is 266 g/mol. The second-order valence-corrected chi connectivity index (χ2v) is 5.58. The van der Waals surface area contributed by atoms with Crippen LogP contribution in [0.1, 0.15) is 31.2 Å². The van der Waals surface area contributed by atoms with E-state index in [9.17, 15) is 8.78 Å². The third-order valence-electron chi connectivity index (χ3n) is 4.46. The molecule has 0 radical (unpaired) electrons. The van der Waals surface area contributed by atoms with Gasteiger partial charge >= 0.3 is 0 Å². The van der Waals surface area contributed by atoms with E-state index < -0.39 is 11.6 Å². The van der Waals surface area contributed by atoms with Crippen LogP contribution in [0.5, 0.6) is 0 Å². The topological polar surface area (TPSA) is 15.3 Å². The van der Waals surface area contributed by atoms with Gasteiger partial charge in [0, 0.05) is 30.7 Å². The number of nitrogens with zero attached hydrogens (tertiary/aromatic N) is 1. The first kappa shape index (κ1) is 13.0. The fourth-order valence-corrected chi connectivity index (χ4v) is 3.42. The summed E-state index contributed by atoms with van der Waals surface area (Å²) in [5.74, 6) is -0.906. The molecule has 0 bridgehead atoms. The smallest absolute Gasteiger partial charge is 0.130 e. The fourth-order valence-electron chi connectivity index (χ4n) is 3.42. The Kier molecular flexibility index (Phi) is 3.80. The molecule has 0 aromatic heterocycles. The number of hydrogen-bond donors (Lipinski definition) is 1. The lowest BCUT2D eigenvalue weighted by Crippen LogP contribution is -2.44. The zero-order valence-corrected chi connectivity index (χ0v) is 11.0. The van der Waals surface area contributed by atoms with E-state index in [4.69, 9.17) is 0 Å². The molecule has 2 heterocycles. The highest BCUT2D eigenvalue weighted by atomic mass is 19.1. The lowest BCUT2D eigenvalue weighted by molar-refractivity contribution is 0.180. The predicted molar refractivity (Wildman–Crippen MR) is 70.8 cm³/mol. The Hall–Kier alpha value is -1.00. The second-order valence-electron chi connectivity index (χ2n) is 5.58. The monoisotopic (exact) mass is 266 g/mol. The lowest BCUT2D eigenvalue weighted by atomic mass is 9.99. The van der Waals surface area contributed by atoms with Gasteiger partial charge < -0.3 is 5.32 Å². The molecule has 19 heavy (non-hydrogen) atoms. The molecular weight excluding hydrogens is 246 g/mol. The van der Waals surface area contributed by atoms with Gasteiger partial charge in [0.2, 0.25) is 0 Å². The van der Waals surface area contributed by atoms with Crippen molar-refractivity contribution in [3.8, 4) is 0 Å². The molecule has 0 spiro atoms. The summed E-state index contributed by atoms with van der Waals surface area (Å²) in [6.45, 7) is 2.58. The van der Waals surface area contributed by atoms with Gasteiger partial charge in [0.25, 0.3) is 0 Å². The number of fused-ring (bicyclic) bond motifs is 1. The van der Waals surface area contributed by atoms with Crippen LogP contribution in [-0.2, 0) is 6.54 Å². The van der Waals surface area contributed by atoms with E-state index in [1.807, 2.05) is 0 Å². The Bertz CT molecular complexity index is 430. The molecule has 1 aromatic carbocycles. The van der Waals surface area contributed by atoms with Crippen LogP contribution in [0.25, 0.3) is 0 Å². The highest BCUT2D eigenvalue weighted by molar-refractivity contribution is 5.19. The van der Waals surface area contributed by atoms with E-state index >= 15 is 0 Å². The van der Waals surface area contributed by atoms with Crippen molar-refractivity contribution in [1.82, 2.24) is 10.2 Å². The van der Waals surface area contributed by atoms with E-state index in [2.05, 4.69) is 10.2 Å². The van der Waals surface area contributed by atoms with Crippen LogP contribution >= 0.6 is 0 Å². The second kappa shape index (κ2) is 5.55. The van der Waals surface area contributed by atoms with Crippen molar-refractivity contribution in [3.63, 3.8) is 0 Å². The van der Waals surface area contributed by atoms with E-state index in [0.29, 0.717) is 12.1 Å². The van der Waals surface area contributed by atoms with Crippen molar-refractivity contribution in [2.75, 3.05) is 13.1 Å². The van der Waals surface area contributed by atoms with Crippen molar-refractivity contribution in [1.29, 1.82) is 0 Å². The predicted octanol–water partition coefficient (Wildman–Crippen LogP) is 2.68. The Balaban J connectivity index is 1.63. The molecule has 2 fully saturated rings. The first-order chi connectivity index (χ1) is 9.25. The third-order valence-corrected chi connectivity index (χ3v) is 4.46. The molecule has 1 N–H and O–H groups in total. The van der Waals surface area contributed by atoms with Crippen LogP contribution in [0.4, 0.5) is 8.78 Å². The van der Waals surface area contributed by atoms with Crippen molar-refractivity contribution in [2.24, 2.45) is 0 Å². The number of nitrogens with one attached hydrogen (secondary N) is 1. The summed E-state index contributed by atoms with van der Waals surface area (Å²) in [5, 5.41) is 3.36. The quantitative estimate of drug-likeness (QED) is 0.905. The van der Waals surface area contributed by atoms with Crippen LogP contribution in [0.15, 0.2) is 18.2 Å². The van der Waals surface area contributed by atoms with E-state index in [0.717, 1.165) is 13.0 Å². The number of rotatable bonds is 3. The van der Waals surface area contributed by atoms with Gasteiger partial charge in [-0.2, -0.15) is 0 Å². The molecule has 3 rings (SSSR count). The molecule has 2 unspecified atom stereocenters. The summed E-state index contributed by atoms with van der Waals surface area (Å²) >= 11 is 0. The normalized spacial score (nSPS) is 27.5. The fraction of sp³-hybridized carbons (Fsp3) is 0.600. The Labute approximate surface area is 112 Å². The lowest BCUT2D eigenvalue weighted by Gasteiger charge is -2.32. The molecule has 0 amide bonds. The molecule has 2 saturated heterocycles. The van der Waals surface area contributed by atoms with Gasteiger partial charge in [0.1, 0.15) is 11.6 Å². The highest BCUT2D eigenvalue weighted by Gasteiger charge is 2.35. The molecular formula is C15H20F2N2. The largest absolute Gasteiger partial charge is 0.308 e. The average Bonchev–Trinajstić information content (AvgIpc) is 2.82. The molecule has 1 aromatic rings. The summed E-state index contributed by atoms with van der Waals surface area (Å²) in [6.07, 6.45) is 4.84. The van der Waals surface area contributed by atoms with Crippen molar-refractivity contribution in [3.05, 3.63) is 35.4 Å². The summed E-state index contributed by atoms with van der Waals surface area (Å²) in [5.41, 5.74) is 0.164. The van der Waals surface area contributed by atoms with Crippen LogP contribution in [-0.4, -0.2) is 30.1 Å². The van der Waals surface area contributed by atoms with Gasteiger partial charge in [-0.3, -0.25) is 4.90 Å². The van der Waals surface area contributed by atoms with Crippen molar-refractivity contribution < 1.29 is 8.78 Å². The van der Waals surface area contributed by atoms with Gasteiger partial charge in [-0.25, -0.2) is 8.78 Å². The van der Waals surface area contributed by atoms with Gasteiger partial charge in [0.05, 0.1) is 0 Å². The zero-order valence-electron chi connectivity index (χ0n) is 11.0. The van der Waals surface area contributed by atoms with Crippen molar-refractivity contribution in [2.45, 2.75) is 44.3 Å². The molecule has 2 atom stereocenters. The number of hydrogen-bond acceptors (Lipinski definition) is 2. The molecule has 0 aliphatic carbocycles. The van der Waals surface area contributed by atoms with Crippen LogP contribution in [0.2, 0.25) is 0 Å². The van der Waals surface area contributed by atoms with Crippen LogP contribution in [0, 0.1) is 11.6 Å². The molecule has 2 nitrogen and oxygen atoms in total. The summed E-state index contributed by atoms with van der Waals surface area (Å²) in [4.78, 5) is 2.51. The number of halogens is 2. The summed E-state index contributed by atoms with van der Waals surface area (Å²) in [7, 11) is 0. The maximum atomic E-state index is 13.6. The summed E-state index contributed by atoms with van der Waals surface area (Å²) in [6, 6.07) is 4.98. The van der Waals surface area contributed by atoms with Crippen LogP contribution < -0.4 is 5.32 Å². The van der Waals surface area contributed by atoms with Crippen LogP contribution in [0.3, 0.4) is 0 Å². The third kappa shape index (κ3) is 2.65. The summed E-state index contributed by atoms with van der Waals surface area (Å²) < 4.78 is 27.1. The maximum absolute atomic E-state index is 13.6. The first-order valence-corrected chi connectivity index (χ1v) is 7.16. The number of piperidine rings is 1. The maximum Gasteiger partial charge on any atom is 0.130 e. The molecule has 4 heteroatoms. The standard InChI is InChI=1S/C15H20F2N2/c16-12-4-3-5-13(17)11(12)10-18-14-7-9-19-8-2-1-6-15(14)19/h3-5,14-15,18H,1-2,6-10H2. The Morgan fingerprint density at radius 1 is 1.11 bits per heavy atom. The SMILES string of the molecule is Fc1cccc(F)c1CNC1CCN2CCCCC12. The Morgan fingerprint density at radius 2 is 1.89 bits per heavy atom. The van der Waals surface area contributed by atoms with Gasteiger partial charge in [-0.15, -0.1) is 0 Å². The minimum Gasteiger partial charge on any atom is -0.308 e. The highest BCUT2D eigenvalue weighted by Crippen LogP contribution is 2.27. The van der Waals surface area contributed by atoms with E-state index in [1.54, 1.807) is 0 Å². The van der Waals surface area contributed by atoms with Gasteiger partial charge in [0.15, 0.2) is 0 Å². The van der Waals surface area contributed by atoms with Crippen molar-refractivity contribution >= 4 is 0 Å². The molecule has 2 aliphatic heterocycles.